The summed E-state index contributed by atoms with van der Waals surface area (Å²) >= 11 is 1.89. The molecular weight excluding hydrogens is 222 g/mol. The van der Waals surface area contributed by atoms with E-state index in [-0.39, 0.29) is 11.7 Å². The highest BCUT2D eigenvalue weighted by atomic mass is 32.2. The summed E-state index contributed by atoms with van der Waals surface area (Å²) in [7, 11) is 0. The third-order valence-corrected chi connectivity index (χ3v) is 3.93. The van der Waals surface area contributed by atoms with E-state index in [1.165, 1.54) is 0 Å². The van der Waals surface area contributed by atoms with Gasteiger partial charge < -0.3 is 10.0 Å². The number of phenols is 1. The van der Waals surface area contributed by atoms with E-state index in [4.69, 9.17) is 0 Å². The van der Waals surface area contributed by atoms with Gasteiger partial charge in [-0.3, -0.25) is 4.79 Å². The van der Waals surface area contributed by atoms with E-state index >= 15 is 0 Å². The Hall–Kier alpha value is -1.16. The molecule has 1 N–H and O–H groups in total. The zero-order valence-corrected chi connectivity index (χ0v) is 10.0. The molecular formula is C12H15NO2S. The van der Waals surface area contributed by atoms with Crippen LogP contribution in [-0.2, 0) is 0 Å². The molecule has 1 saturated heterocycles. The molecule has 1 heterocycles. The normalized spacial score (nSPS) is 20.8. The lowest BCUT2D eigenvalue weighted by molar-refractivity contribution is 0.0716. The molecule has 16 heavy (non-hydrogen) atoms. The number of carbonyl (C=O) groups is 1. The van der Waals surface area contributed by atoms with Crippen LogP contribution in [0.4, 0.5) is 0 Å². The number of thioether (sulfide) groups is 1. The van der Waals surface area contributed by atoms with Gasteiger partial charge in [0.05, 0.1) is 0 Å². The Morgan fingerprint density at radius 2 is 2.12 bits per heavy atom. The van der Waals surface area contributed by atoms with Crippen molar-refractivity contribution >= 4 is 17.7 Å². The van der Waals surface area contributed by atoms with Crippen LogP contribution in [0.3, 0.4) is 0 Å². The van der Waals surface area contributed by atoms with Crippen LogP contribution in [0, 0.1) is 0 Å². The van der Waals surface area contributed by atoms with Crippen LogP contribution in [0.5, 0.6) is 5.75 Å². The van der Waals surface area contributed by atoms with Crippen molar-refractivity contribution < 1.29 is 9.90 Å². The molecule has 1 aliphatic rings. The van der Waals surface area contributed by atoms with E-state index in [1.54, 1.807) is 24.3 Å². The zero-order valence-electron chi connectivity index (χ0n) is 9.22. The molecule has 0 saturated carbocycles. The van der Waals surface area contributed by atoms with Crippen LogP contribution < -0.4 is 0 Å². The van der Waals surface area contributed by atoms with Gasteiger partial charge in [-0.15, -0.1) is 0 Å². The minimum Gasteiger partial charge on any atom is -0.508 e. The lowest BCUT2D eigenvalue weighted by Crippen LogP contribution is -2.44. The Kier molecular flexibility index (Phi) is 3.39. The number of phenolic OH excluding ortho intramolecular Hbond substituents is 1. The lowest BCUT2D eigenvalue weighted by Gasteiger charge is -2.33. The smallest absolute Gasteiger partial charge is 0.254 e. The fourth-order valence-corrected chi connectivity index (χ4v) is 2.81. The maximum Gasteiger partial charge on any atom is 0.254 e. The van der Waals surface area contributed by atoms with Gasteiger partial charge in [-0.1, -0.05) is 0 Å². The quantitative estimate of drug-likeness (QED) is 0.812. The molecule has 86 valence electrons. The van der Waals surface area contributed by atoms with Crippen molar-refractivity contribution in [3.05, 3.63) is 29.8 Å². The molecule has 0 radical (unpaired) electrons. The molecule has 0 aliphatic carbocycles. The summed E-state index contributed by atoms with van der Waals surface area (Å²) in [6.45, 7) is 2.88. The van der Waals surface area contributed by atoms with E-state index in [0.29, 0.717) is 11.6 Å². The molecule has 1 aromatic carbocycles. The van der Waals surface area contributed by atoms with E-state index in [1.807, 2.05) is 16.7 Å². The van der Waals surface area contributed by atoms with E-state index < -0.39 is 0 Å². The number of carbonyl (C=O) groups excluding carboxylic acids is 1. The van der Waals surface area contributed by atoms with Gasteiger partial charge in [-0.05, 0) is 31.2 Å². The van der Waals surface area contributed by atoms with Gasteiger partial charge in [0.1, 0.15) is 5.75 Å². The maximum atomic E-state index is 12.2. The number of amides is 1. The summed E-state index contributed by atoms with van der Waals surface area (Å²) < 4.78 is 0. The molecule has 1 unspecified atom stereocenters. The molecule has 1 aromatic rings. The van der Waals surface area contributed by atoms with Gasteiger partial charge in [-0.2, -0.15) is 11.8 Å². The number of rotatable bonds is 1. The Bertz CT molecular complexity index is 377. The highest BCUT2D eigenvalue weighted by Gasteiger charge is 2.24. The molecule has 1 atom stereocenters. The van der Waals surface area contributed by atoms with E-state index in [9.17, 15) is 9.90 Å². The van der Waals surface area contributed by atoms with E-state index in [2.05, 4.69) is 6.92 Å². The third kappa shape index (κ3) is 2.32. The largest absolute Gasteiger partial charge is 0.508 e. The molecule has 2 rings (SSSR count). The second-order valence-corrected chi connectivity index (χ2v) is 5.12. The van der Waals surface area contributed by atoms with Gasteiger partial charge in [0.25, 0.3) is 5.91 Å². The fourth-order valence-electron chi connectivity index (χ4n) is 1.80. The van der Waals surface area contributed by atoms with Gasteiger partial charge in [0, 0.05) is 29.7 Å². The van der Waals surface area contributed by atoms with Crippen molar-refractivity contribution in [2.24, 2.45) is 0 Å². The zero-order chi connectivity index (χ0) is 11.5. The predicted molar refractivity (Wildman–Crippen MR) is 65.9 cm³/mol. The summed E-state index contributed by atoms with van der Waals surface area (Å²) in [6, 6.07) is 6.74. The molecule has 4 heteroatoms. The Labute approximate surface area is 99.5 Å². The Balaban J connectivity index is 2.14. The molecule has 0 spiro atoms. The SMILES string of the molecule is CC1CSCCN1C(=O)c1ccc(O)cc1. The average Bonchev–Trinajstić information content (AvgIpc) is 2.30. The first kappa shape index (κ1) is 11.3. The van der Waals surface area contributed by atoms with Crippen LogP contribution in [0.1, 0.15) is 17.3 Å². The fraction of sp³-hybridized carbons (Fsp3) is 0.417. The molecule has 1 amide bonds. The summed E-state index contributed by atoms with van der Waals surface area (Å²) in [5.74, 6) is 2.27. The van der Waals surface area contributed by atoms with Crippen LogP contribution in [0.15, 0.2) is 24.3 Å². The number of nitrogens with zero attached hydrogens (tertiary/aromatic N) is 1. The molecule has 3 nitrogen and oxygen atoms in total. The van der Waals surface area contributed by atoms with Gasteiger partial charge in [-0.25, -0.2) is 0 Å². The minimum absolute atomic E-state index is 0.0628. The van der Waals surface area contributed by atoms with Crippen LogP contribution in [0.2, 0.25) is 0 Å². The predicted octanol–water partition coefficient (Wildman–Crippen LogP) is 1.97. The first-order valence-corrected chi connectivity index (χ1v) is 6.51. The second-order valence-electron chi connectivity index (χ2n) is 3.97. The maximum absolute atomic E-state index is 12.2. The monoisotopic (exact) mass is 237 g/mol. The number of benzene rings is 1. The van der Waals surface area contributed by atoms with Crippen LogP contribution >= 0.6 is 11.8 Å². The molecule has 0 aromatic heterocycles. The number of hydrogen-bond donors (Lipinski definition) is 1. The highest BCUT2D eigenvalue weighted by Crippen LogP contribution is 2.19. The first-order valence-electron chi connectivity index (χ1n) is 5.36. The first-order chi connectivity index (χ1) is 7.68. The molecule has 1 fully saturated rings. The highest BCUT2D eigenvalue weighted by molar-refractivity contribution is 7.99. The number of hydrogen-bond acceptors (Lipinski definition) is 3. The van der Waals surface area contributed by atoms with E-state index in [0.717, 1.165) is 18.1 Å². The van der Waals surface area contributed by atoms with Crippen molar-refractivity contribution in [1.29, 1.82) is 0 Å². The molecule has 1 aliphatic heterocycles. The summed E-state index contributed by atoms with van der Waals surface area (Å²) in [5, 5.41) is 9.17. The van der Waals surface area contributed by atoms with Crippen molar-refractivity contribution in [2.45, 2.75) is 13.0 Å². The number of aromatic hydroxyl groups is 1. The topological polar surface area (TPSA) is 40.5 Å². The minimum atomic E-state index is 0.0628. The molecule has 0 bridgehead atoms. The average molecular weight is 237 g/mol. The van der Waals surface area contributed by atoms with Crippen molar-refractivity contribution in [1.82, 2.24) is 4.90 Å². The van der Waals surface area contributed by atoms with Gasteiger partial charge in [0.15, 0.2) is 0 Å². The summed E-state index contributed by atoms with van der Waals surface area (Å²) in [4.78, 5) is 14.1. The summed E-state index contributed by atoms with van der Waals surface area (Å²) in [5.41, 5.74) is 0.650. The van der Waals surface area contributed by atoms with Crippen molar-refractivity contribution in [3.63, 3.8) is 0 Å². The Morgan fingerprint density at radius 1 is 1.44 bits per heavy atom. The Morgan fingerprint density at radius 3 is 2.75 bits per heavy atom. The van der Waals surface area contributed by atoms with Crippen LogP contribution in [-0.4, -0.2) is 40.0 Å². The standard InChI is InChI=1S/C12H15NO2S/c1-9-8-16-7-6-13(9)12(15)10-2-4-11(14)5-3-10/h2-5,9,14H,6-8H2,1H3. The van der Waals surface area contributed by atoms with Crippen LogP contribution in [0.25, 0.3) is 0 Å². The second kappa shape index (κ2) is 4.78. The van der Waals surface area contributed by atoms with Crippen molar-refractivity contribution in [2.75, 3.05) is 18.1 Å². The van der Waals surface area contributed by atoms with Gasteiger partial charge >= 0.3 is 0 Å². The van der Waals surface area contributed by atoms with Crippen molar-refractivity contribution in [3.8, 4) is 5.75 Å². The van der Waals surface area contributed by atoms with Gasteiger partial charge in [0.2, 0.25) is 0 Å². The lowest BCUT2D eigenvalue weighted by atomic mass is 10.1. The summed E-state index contributed by atoms with van der Waals surface area (Å²) in [6.07, 6.45) is 0. The third-order valence-electron chi connectivity index (χ3n) is 2.74.